The van der Waals surface area contributed by atoms with Gasteiger partial charge < -0.3 is 15.8 Å². The van der Waals surface area contributed by atoms with E-state index < -0.39 is 7.12 Å². The zero-order valence-electron chi connectivity index (χ0n) is 5.02. The van der Waals surface area contributed by atoms with Gasteiger partial charge in [0.25, 0.3) is 0 Å². The fourth-order valence-electron chi connectivity index (χ4n) is 0.504. The number of hydrogen-bond donors (Lipinski definition) is 3. The van der Waals surface area contributed by atoms with Crippen molar-refractivity contribution < 1.29 is 10.0 Å². The molecule has 0 unspecified atom stereocenters. The predicted molar refractivity (Wildman–Crippen MR) is 45.8 cm³/mol. The largest absolute Gasteiger partial charge is 0.499 e. The summed E-state index contributed by atoms with van der Waals surface area (Å²) in [4.78, 5) is 0. The number of nitrogen functional groups attached to an aromatic ring is 1. The fourth-order valence-corrected chi connectivity index (χ4v) is 1.17. The highest BCUT2D eigenvalue weighted by molar-refractivity contribution is 7.20. The van der Waals surface area contributed by atoms with E-state index in [0.29, 0.717) is 10.5 Å². The summed E-state index contributed by atoms with van der Waals surface area (Å²) in [6.07, 6.45) is 0. The molecule has 1 heterocycles. The Morgan fingerprint density at radius 2 is 2.10 bits per heavy atom. The molecule has 0 aliphatic rings. The molecule has 0 aromatic carbocycles. The first kappa shape index (κ1) is 9.77. The summed E-state index contributed by atoms with van der Waals surface area (Å²) in [5, 5.41) is 18.8. The van der Waals surface area contributed by atoms with Gasteiger partial charge in [-0.2, -0.15) is 11.3 Å². The van der Waals surface area contributed by atoms with Crippen LogP contribution in [-0.4, -0.2) is 17.2 Å². The first-order chi connectivity index (χ1) is 4.20. The lowest BCUT2D eigenvalue weighted by atomic mass is 9.90. The first-order valence-corrected chi connectivity index (χ1v) is 3.28. The third-order valence-electron chi connectivity index (χ3n) is 0.894. The smallest absolute Gasteiger partial charge is 0.423 e. The van der Waals surface area contributed by atoms with Gasteiger partial charge in [0.2, 0.25) is 0 Å². The van der Waals surface area contributed by atoms with E-state index in [-0.39, 0.29) is 12.4 Å². The summed E-state index contributed by atoms with van der Waals surface area (Å²) in [5.41, 5.74) is 5.88. The first-order valence-electron chi connectivity index (χ1n) is 2.40. The minimum atomic E-state index is -1.38. The zero-order chi connectivity index (χ0) is 6.85. The molecule has 0 bridgehead atoms. The quantitative estimate of drug-likeness (QED) is 0.506. The van der Waals surface area contributed by atoms with Crippen molar-refractivity contribution in [3.05, 3.63) is 11.4 Å². The van der Waals surface area contributed by atoms with Gasteiger partial charge >= 0.3 is 7.12 Å². The number of hydrogen-bond acceptors (Lipinski definition) is 4. The number of rotatable bonds is 1. The molecule has 0 fully saturated rings. The molecular formula is C4H7BClNO2S. The van der Waals surface area contributed by atoms with E-state index in [9.17, 15) is 0 Å². The van der Waals surface area contributed by atoms with Crippen LogP contribution in [0.1, 0.15) is 0 Å². The summed E-state index contributed by atoms with van der Waals surface area (Å²) in [5.74, 6) is 0. The third kappa shape index (κ3) is 2.19. The molecule has 3 nitrogen and oxygen atoms in total. The van der Waals surface area contributed by atoms with Crippen LogP contribution in [0.3, 0.4) is 0 Å². The maximum absolute atomic E-state index is 8.55. The van der Waals surface area contributed by atoms with Gasteiger partial charge in [0.1, 0.15) is 0 Å². The Balaban J connectivity index is 0.000000810. The van der Waals surface area contributed by atoms with Crippen LogP contribution in [0.15, 0.2) is 11.4 Å². The molecule has 0 spiro atoms. The average Bonchev–Trinajstić information content (AvgIpc) is 2.14. The van der Waals surface area contributed by atoms with Crippen LogP contribution in [0.4, 0.5) is 5.69 Å². The second-order valence-electron chi connectivity index (χ2n) is 1.66. The maximum Gasteiger partial charge on any atom is 0.499 e. The summed E-state index contributed by atoms with van der Waals surface area (Å²) in [6.45, 7) is 0. The second-order valence-corrected chi connectivity index (χ2v) is 2.60. The van der Waals surface area contributed by atoms with Crippen molar-refractivity contribution in [3.63, 3.8) is 0 Å². The molecule has 0 saturated carbocycles. The topological polar surface area (TPSA) is 66.5 Å². The molecule has 0 saturated heterocycles. The molecule has 0 aliphatic heterocycles. The van der Waals surface area contributed by atoms with E-state index >= 15 is 0 Å². The van der Waals surface area contributed by atoms with Crippen LogP contribution in [0.2, 0.25) is 0 Å². The van der Waals surface area contributed by atoms with E-state index in [2.05, 4.69) is 0 Å². The molecule has 1 rings (SSSR count). The molecule has 56 valence electrons. The molecular weight excluding hydrogens is 172 g/mol. The molecule has 0 aliphatic carbocycles. The van der Waals surface area contributed by atoms with E-state index in [1.807, 2.05) is 0 Å². The number of thiophene rings is 1. The molecule has 0 radical (unpaired) electrons. The Hall–Kier alpha value is -0.225. The van der Waals surface area contributed by atoms with Crippen molar-refractivity contribution in [2.45, 2.75) is 0 Å². The van der Waals surface area contributed by atoms with Gasteiger partial charge in [-0.15, -0.1) is 12.4 Å². The Bertz CT molecular complexity index is 205. The van der Waals surface area contributed by atoms with Crippen molar-refractivity contribution in [2.75, 3.05) is 5.73 Å². The highest BCUT2D eigenvalue weighted by Gasteiger charge is 2.11. The molecule has 6 heteroatoms. The summed E-state index contributed by atoms with van der Waals surface area (Å²) >= 11 is 1.23. The van der Waals surface area contributed by atoms with Crippen molar-refractivity contribution in [1.82, 2.24) is 0 Å². The van der Waals surface area contributed by atoms with E-state index in [4.69, 9.17) is 15.8 Å². The second kappa shape index (κ2) is 3.83. The van der Waals surface area contributed by atoms with Gasteiger partial charge in [0.05, 0.1) is 0 Å². The molecule has 0 atom stereocenters. The van der Waals surface area contributed by atoms with Crippen LogP contribution in [0.25, 0.3) is 0 Å². The zero-order valence-corrected chi connectivity index (χ0v) is 6.65. The van der Waals surface area contributed by atoms with Gasteiger partial charge in [-0.1, -0.05) is 0 Å². The summed E-state index contributed by atoms with van der Waals surface area (Å²) in [6, 6.07) is 1.54. The fraction of sp³-hybridized carbons (Fsp3) is 0. The lowest BCUT2D eigenvalue weighted by Gasteiger charge is -1.87. The van der Waals surface area contributed by atoms with Gasteiger partial charge in [0.15, 0.2) is 0 Å². The van der Waals surface area contributed by atoms with E-state index in [0.717, 1.165) is 0 Å². The lowest BCUT2D eigenvalue weighted by molar-refractivity contribution is 0.427. The summed E-state index contributed by atoms with van der Waals surface area (Å²) in [7, 11) is -1.38. The SMILES string of the molecule is Cl.Nc1csc(B(O)O)c1. The highest BCUT2D eigenvalue weighted by Crippen LogP contribution is 2.04. The Morgan fingerprint density at radius 3 is 2.30 bits per heavy atom. The maximum atomic E-state index is 8.55. The predicted octanol–water partition coefficient (Wildman–Crippen LogP) is -0.568. The Morgan fingerprint density at radius 1 is 1.50 bits per heavy atom. The molecule has 1 aromatic heterocycles. The van der Waals surface area contributed by atoms with Gasteiger partial charge in [0, 0.05) is 15.8 Å². The van der Waals surface area contributed by atoms with Gasteiger partial charge in [-0.05, 0) is 6.07 Å². The Kier molecular flexibility index (Phi) is 3.74. The van der Waals surface area contributed by atoms with Crippen LogP contribution in [-0.2, 0) is 0 Å². The standard InChI is InChI=1S/C4H6BNO2S.ClH/c6-3-1-4(5(7)8)9-2-3;/h1-2,7-8H,6H2;1H. The monoisotopic (exact) mass is 179 g/mol. The minimum Gasteiger partial charge on any atom is -0.423 e. The van der Waals surface area contributed by atoms with Crippen molar-refractivity contribution in [3.8, 4) is 0 Å². The number of halogens is 1. The minimum absolute atomic E-state index is 0. The average molecular weight is 179 g/mol. The van der Waals surface area contributed by atoms with E-state index in [1.165, 1.54) is 17.4 Å². The molecule has 0 amide bonds. The molecule has 4 N–H and O–H groups in total. The molecule has 1 aromatic rings. The van der Waals surface area contributed by atoms with Crippen LogP contribution in [0.5, 0.6) is 0 Å². The van der Waals surface area contributed by atoms with Crippen molar-refractivity contribution in [2.24, 2.45) is 0 Å². The lowest BCUT2D eigenvalue weighted by Crippen LogP contribution is -2.26. The van der Waals surface area contributed by atoms with Gasteiger partial charge in [-0.25, -0.2) is 0 Å². The van der Waals surface area contributed by atoms with Crippen LogP contribution < -0.4 is 10.5 Å². The van der Waals surface area contributed by atoms with Crippen LogP contribution >= 0.6 is 23.7 Å². The summed E-state index contributed by atoms with van der Waals surface area (Å²) < 4.78 is 0.479. The Labute approximate surface area is 69.0 Å². The van der Waals surface area contributed by atoms with Crippen molar-refractivity contribution >= 4 is 41.3 Å². The number of nitrogens with two attached hydrogens (primary N) is 1. The number of anilines is 1. The van der Waals surface area contributed by atoms with Crippen molar-refractivity contribution in [1.29, 1.82) is 0 Å². The third-order valence-corrected chi connectivity index (χ3v) is 1.89. The van der Waals surface area contributed by atoms with E-state index in [1.54, 1.807) is 5.38 Å². The molecule has 10 heavy (non-hydrogen) atoms. The normalized spacial score (nSPS) is 8.60. The highest BCUT2D eigenvalue weighted by atomic mass is 35.5. The van der Waals surface area contributed by atoms with Crippen LogP contribution in [0, 0.1) is 0 Å². The van der Waals surface area contributed by atoms with Gasteiger partial charge in [-0.3, -0.25) is 0 Å².